The molecule has 0 bridgehead atoms. The highest BCUT2D eigenvalue weighted by Crippen LogP contribution is 2.40. The predicted octanol–water partition coefficient (Wildman–Crippen LogP) is 6.28. The number of carbonyl (C=O) groups excluding carboxylic acids is 2. The van der Waals surface area contributed by atoms with Crippen LogP contribution < -0.4 is 10.1 Å². The van der Waals surface area contributed by atoms with Crippen LogP contribution in [0.5, 0.6) is 11.5 Å². The van der Waals surface area contributed by atoms with Gasteiger partial charge < -0.3 is 19.9 Å². The highest BCUT2D eigenvalue weighted by Gasteiger charge is 2.26. The number of hydrogen-bond donors (Lipinski definition) is 2. The van der Waals surface area contributed by atoms with Crippen molar-refractivity contribution in [3.63, 3.8) is 0 Å². The average molecular weight is 484 g/mol. The number of anilines is 1. The molecule has 6 nitrogen and oxygen atoms in total. The lowest BCUT2D eigenvalue weighted by molar-refractivity contribution is -0.157. The Morgan fingerprint density at radius 2 is 1.37 bits per heavy atom. The van der Waals surface area contributed by atoms with Gasteiger partial charge in [-0.25, -0.2) is 4.79 Å². The zero-order chi connectivity index (χ0) is 26.6. The molecule has 0 aliphatic rings. The van der Waals surface area contributed by atoms with Crippen LogP contribution in [-0.4, -0.2) is 29.2 Å². The van der Waals surface area contributed by atoms with Crippen molar-refractivity contribution in [3.8, 4) is 11.5 Å². The van der Waals surface area contributed by atoms with Gasteiger partial charge in [0.25, 0.3) is 0 Å². The number of aryl methyl sites for hydroxylation is 1. The van der Waals surface area contributed by atoms with E-state index in [2.05, 4.69) is 46.9 Å². The summed E-state index contributed by atoms with van der Waals surface area (Å²) in [6.45, 7) is 17.7. The van der Waals surface area contributed by atoms with Gasteiger partial charge in [0.05, 0.1) is 0 Å². The first-order valence-corrected chi connectivity index (χ1v) is 12.1. The lowest BCUT2D eigenvalue weighted by Gasteiger charge is -2.28. The average Bonchev–Trinajstić information content (AvgIpc) is 2.69. The smallest absolute Gasteiger partial charge is 0.344 e. The Labute approximate surface area is 210 Å². The molecule has 0 aliphatic carbocycles. The Hall–Kier alpha value is -3.02. The van der Waals surface area contributed by atoms with Gasteiger partial charge in [-0.15, -0.1) is 0 Å². The van der Waals surface area contributed by atoms with Gasteiger partial charge in [0.2, 0.25) is 5.91 Å². The number of nitrogens with one attached hydrogen (secondary N) is 1. The van der Waals surface area contributed by atoms with Crippen molar-refractivity contribution in [1.82, 2.24) is 0 Å². The zero-order valence-corrected chi connectivity index (χ0v) is 22.7. The van der Waals surface area contributed by atoms with E-state index in [-0.39, 0.29) is 23.3 Å². The number of esters is 1. The summed E-state index contributed by atoms with van der Waals surface area (Å²) in [5, 5.41) is 13.8. The van der Waals surface area contributed by atoms with Crippen LogP contribution in [0.1, 0.15) is 85.4 Å². The van der Waals surface area contributed by atoms with Crippen molar-refractivity contribution in [2.75, 3.05) is 11.9 Å². The topological polar surface area (TPSA) is 84.9 Å². The van der Waals surface area contributed by atoms with Crippen LogP contribution in [0.2, 0.25) is 0 Å². The summed E-state index contributed by atoms with van der Waals surface area (Å²) in [7, 11) is 0. The summed E-state index contributed by atoms with van der Waals surface area (Å²) in [4.78, 5) is 24.4. The van der Waals surface area contributed by atoms with Crippen LogP contribution in [0, 0.1) is 0 Å². The maximum absolute atomic E-state index is 12.6. The summed E-state index contributed by atoms with van der Waals surface area (Å²) in [5.74, 6) is 0.318. The van der Waals surface area contributed by atoms with E-state index in [1.807, 2.05) is 12.1 Å². The number of aromatic hydroxyl groups is 1. The first kappa shape index (κ1) is 28.2. The molecule has 2 rings (SSSR count). The molecule has 2 N–H and O–H groups in total. The number of phenols is 1. The van der Waals surface area contributed by atoms with E-state index in [0.717, 1.165) is 16.7 Å². The van der Waals surface area contributed by atoms with Crippen molar-refractivity contribution < 1.29 is 24.2 Å². The molecule has 0 aliphatic heterocycles. The van der Waals surface area contributed by atoms with Gasteiger partial charge in [0.15, 0.2) is 6.61 Å². The number of benzene rings is 2. The fraction of sp³-hybridized carbons (Fsp3) is 0.517. The second-order valence-corrected chi connectivity index (χ2v) is 12.0. The third-order valence-corrected chi connectivity index (χ3v) is 5.34. The summed E-state index contributed by atoms with van der Waals surface area (Å²) in [6.07, 6.45) is 0.879. The highest BCUT2D eigenvalue weighted by atomic mass is 16.6. The molecule has 2 aromatic carbocycles. The maximum Gasteiger partial charge on any atom is 0.344 e. The summed E-state index contributed by atoms with van der Waals surface area (Å²) in [5.41, 5.74) is 2.47. The Bertz CT molecular complexity index is 1000. The second kappa shape index (κ2) is 10.7. The van der Waals surface area contributed by atoms with Gasteiger partial charge in [-0.05, 0) is 79.0 Å². The van der Waals surface area contributed by atoms with Crippen LogP contribution in [0.25, 0.3) is 0 Å². The molecule has 2 aromatic rings. The van der Waals surface area contributed by atoms with E-state index in [1.165, 1.54) is 0 Å². The van der Waals surface area contributed by atoms with Crippen molar-refractivity contribution in [1.29, 1.82) is 0 Å². The van der Waals surface area contributed by atoms with Crippen molar-refractivity contribution in [3.05, 3.63) is 53.1 Å². The minimum absolute atomic E-state index is 0.102. The van der Waals surface area contributed by atoms with E-state index in [4.69, 9.17) is 9.47 Å². The monoisotopic (exact) mass is 483 g/mol. The minimum Gasteiger partial charge on any atom is -0.507 e. The van der Waals surface area contributed by atoms with Gasteiger partial charge in [0.1, 0.15) is 17.1 Å². The zero-order valence-electron chi connectivity index (χ0n) is 22.7. The van der Waals surface area contributed by atoms with Crippen molar-refractivity contribution in [2.24, 2.45) is 0 Å². The summed E-state index contributed by atoms with van der Waals surface area (Å²) >= 11 is 0. The molecule has 0 atom stereocenters. The Kier molecular flexibility index (Phi) is 8.64. The lowest BCUT2D eigenvalue weighted by Crippen LogP contribution is -2.27. The molecule has 35 heavy (non-hydrogen) atoms. The molecular weight excluding hydrogens is 442 g/mol. The normalized spacial score (nSPS) is 12.3. The Balaban J connectivity index is 1.99. The molecule has 0 radical (unpaired) electrons. The lowest BCUT2D eigenvalue weighted by atomic mass is 9.78. The molecule has 192 valence electrons. The molecule has 0 fully saturated rings. The first-order chi connectivity index (χ1) is 16.0. The first-order valence-electron chi connectivity index (χ1n) is 12.1. The maximum atomic E-state index is 12.6. The van der Waals surface area contributed by atoms with Crippen LogP contribution in [0.15, 0.2) is 36.4 Å². The van der Waals surface area contributed by atoms with E-state index in [1.54, 1.807) is 45.0 Å². The molecule has 0 unspecified atom stereocenters. The molecular formula is C29H41NO5. The highest BCUT2D eigenvalue weighted by molar-refractivity contribution is 5.90. The quantitative estimate of drug-likeness (QED) is 0.453. The standard InChI is InChI=1S/C29H41NO5/c1-27(2,3)22-16-19(17-23(26(22)33)28(4,5)6)10-15-24(31)30-20-11-13-21(14-12-20)34-18-25(32)35-29(7,8)9/h11-14,16-17,33H,10,15,18H2,1-9H3,(H,30,31). The molecule has 0 aromatic heterocycles. The molecule has 1 amide bonds. The largest absolute Gasteiger partial charge is 0.507 e. The van der Waals surface area contributed by atoms with Crippen molar-refractivity contribution >= 4 is 17.6 Å². The van der Waals surface area contributed by atoms with Crippen molar-refractivity contribution in [2.45, 2.75) is 91.6 Å². The number of amides is 1. The Morgan fingerprint density at radius 3 is 1.83 bits per heavy atom. The third-order valence-electron chi connectivity index (χ3n) is 5.34. The summed E-state index contributed by atoms with van der Waals surface area (Å²) < 4.78 is 10.7. The van der Waals surface area contributed by atoms with Crippen LogP contribution in [0.4, 0.5) is 5.69 Å². The number of rotatable bonds is 7. The fourth-order valence-electron chi connectivity index (χ4n) is 3.61. The SMILES string of the molecule is CC(C)(C)OC(=O)COc1ccc(NC(=O)CCc2cc(C(C)(C)C)c(O)c(C(C)(C)C)c2)cc1. The van der Waals surface area contributed by atoms with Crippen LogP contribution in [0.3, 0.4) is 0 Å². The van der Waals surface area contributed by atoms with Crippen LogP contribution in [-0.2, 0) is 31.6 Å². The molecule has 0 saturated heterocycles. The van der Waals surface area contributed by atoms with E-state index >= 15 is 0 Å². The predicted molar refractivity (Wildman–Crippen MR) is 140 cm³/mol. The Morgan fingerprint density at radius 1 is 0.857 bits per heavy atom. The van der Waals surface area contributed by atoms with E-state index < -0.39 is 11.6 Å². The van der Waals surface area contributed by atoms with Crippen LogP contribution >= 0.6 is 0 Å². The molecule has 0 spiro atoms. The number of hydrogen-bond acceptors (Lipinski definition) is 5. The van der Waals surface area contributed by atoms with Gasteiger partial charge in [-0.3, -0.25) is 4.79 Å². The molecule has 0 saturated carbocycles. The second-order valence-electron chi connectivity index (χ2n) is 12.0. The number of ether oxygens (including phenoxy) is 2. The minimum atomic E-state index is -0.558. The van der Waals surface area contributed by atoms with Gasteiger partial charge in [-0.1, -0.05) is 53.7 Å². The number of phenolic OH excluding ortho intramolecular Hbond substituents is 1. The molecule has 0 heterocycles. The third kappa shape index (κ3) is 8.93. The van der Waals surface area contributed by atoms with E-state index in [9.17, 15) is 14.7 Å². The van der Waals surface area contributed by atoms with E-state index in [0.29, 0.717) is 30.0 Å². The van der Waals surface area contributed by atoms with Gasteiger partial charge in [-0.2, -0.15) is 0 Å². The van der Waals surface area contributed by atoms with Gasteiger partial charge in [0, 0.05) is 12.1 Å². The summed E-state index contributed by atoms with van der Waals surface area (Å²) in [6, 6.07) is 10.9. The number of carbonyl (C=O) groups is 2. The van der Waals surface area contributed by atoms with Gasteiger partial charge >= 0.3 is 5.97 Å². The molecule has 6 heteroatoms. The fourth-order valence-corrected chi connectivity index (χ4v) is 3.61.